The van der Waals surface area contributed by atoms with Gasteiger partial charge in [-0.05, 0) is 49.4 Å². The number of benzene rings is 1. The molecule has 4 bridgehead atoms. The molecule has 0 amide bonds. The number of fused-ring (bicyclic) bond motifs is 4. The molecule has 4 aliphatic heterocycles. The van der Waals surface area contributed by atoms with Crippen molar-refractivity contribution in [2.24, 2.45) is 11.8 Å². The normalized spacial score (nSPS) is 36.6. The molecule has 2 unspecified atom stereocenters. The van der Waals surface area contributed by atoms with Crippen LogP contribution in [0.5, 0.6) is 5.75 Å². The van der Waals surface area contributed by atoms with Crippen molar-refractivity contribution in [2.75, 3.05) is 13.2 Å². The molecule has 5 atom stereocenters. The first kappa shape index (κ1) is 13.6. The topological polar surface area (TPSA) is 59.5 Å². The molecule has 0 spiro atoms. The van der Waals surface area contributed by atoms with Gasteiger partial charge in [0.1, 0.15) is 5.75 Å². The smallest absolute Gasteiger partial charge is 0.116 e. The number of H-pyrrole nitrogens is 1. The van der Waals surface area contributed by atoms with Gasteiger partial charge >= 0.3 is 0 Å². The van der Waals surface area contributed by atoms with Crippen molar-refractivity contribution >= 4 is 10.9 Å². The molecule has 4 aliphatic rings. The van der Waals surface area contributed by atoms with Crippen LogP contribution in [-0.2, 0) is 6.42 Å². The van der Waals surface area contributed by atoms with Crippen molar-refractivity contribution in [1.82, 2.24) is 9.88 Å². The number of aromatic amines is 1. The summed E-state index contributed by atoms with van der Waals surface area (Å²) < 4.78 is 0. The quantitative estimate of drug-likeness (QED) is 0.710. The first-order chi connectivity index (χ1) is 11.2. The Morgan fingerprint density at radius 1 is 1.39 bits per heavy atom. The van der Waals surface area contributed by atoms with Gasteiger partial charge in [-0.2, -0.15) is 0 Å². The minimum absolute atomic E-state index is 0.263. The molecule has 120 valence electrons. The number of aliphatic hydroxyl groups excluding tert-OH is 1. The van der Waals surface area contributed by atoms with Crippen molar-refractivity contribution in [2.45, 2.75) is 31.8 Å². The first-order valence-electron chi connectivity index (χ1n) is 8.56. The summed E-state index contributed by atoms with van der Waals surface area (Å²) in [5, 5.41) is 21.0. The van der Waals surface area contributed by atoms with Gasteiger partial charge in [0.2, 0.25) is 0 Å². The summed E-state index contributed by atoms with van der Waals surface area (Å²) in [6.45, 7) is 3.42. The number of hydrogen-bond acceptors (Lipinski definition) is 3. The first-order valence-corrected chi connectivity index (χ1v) is 8.56. The van der Waals surface area contributed by atoms with Crippen LogP contribution in [0.4, 0.5) is 0 Å². The fourth-order valence-corrected chi connectivity index (χ4v) is 5.35. The van der Waals surface area contributed by atoms with Crippen molar-refractivity contribution in [3.63, 3.8) is 0 Å². The number of aliphatic hydroxyl groups is 1. The molecule has 1 aromatic carbocycles. The average molecular weight is 310 g/mol. The number of aromatic hydroxyl groups is 1. The summed E-state index contributed by atoms with van der Waals surface area (Å²) in [5.41, 5.74) is 5.29. The van der Waals surface area contributed by atoms with Gasteiger partial charge in [0.05, 0.1) is 6.04 Å². The van der Waals surface area contributed by atoms with Crippen LogP contribution in [0.2, 0.25) is 0 Å². The third-order valence-corrected chi connectivity index (χ3v) is 6.41. The Hall–Kier alpha value is -1.78. The maximum atomic E-state index is 9.99. The summed E-state index contributed by atoms with van der Waals surface area (Å²) in [5.74, 6) is 1.17. The number of hydrogen-bond donors (Lipinski definition) is 3. The number of phenolic OH excluding ortho intramolecular Hbond substituents is 1. The predicted molar refractivity (Wildman–Crippen MR) is 89.3 cm³/mol. The molecule has 0 saturated carbocycles. The van der Waals surface area contributed by atoms with Crippen LogP contribution in [0.3, 0.4) is 0 Å². The average Bonchev–Trinajstić information content (AvgIpc) is 2.92. The van der Waals surface area contributed by atoms with E-state index in [2.05, 4.69) is 22.9 Å². The van der Waals surface area contributed by atoms with Gasteiger partial charge in [0, 0.05) is 41.7 Å². The Labute approximate surface area is 135 Å². The predicted octanol–water partition coefficient (Wildman–Crippen LogP) is 2.73. The number of piperidine rings is 3. The Bertz CT molecular complexity index is 822. The van der Waals surface area contributed by atoms with Crippen molar-refractivity contribution in [3.8, 4) is 5.75 Å². The van der Waals surface area contributed by atoms with Gasteiger partial charge in [-0.25, -0.2) is 0 Å². The standard InChI is InChI=1S/C19H22N2O2/c1-2-10-8-21-17-7-14-13-5-11(23)3-4-16(13)20-19(14)18(21)6-12(10)15(17)9-22/h2-5,12,15,17-18,20,22-23H,6-9H2,1H3/t12-,15+,17?,18-/m0/s1. The maximum absolute atomic E-state index is 9.99. The van der Waals surface area contributed by atoms with E-state index in [0.717, 1.165) is 30.3 Å². The van der Waals surface area contributed by atoms with Crippen LogP contribution in [0.25, 0.3) is 10.9 Å². The molecule has 6 rings (SSSR count). The molecule has 4 heteroatoms. The lowest BCUT2D eigenvalue weighted by molar-refractivity contribution is -0.0503. The zero-order chi connectivity index (χ0) is 15.7. The minimum atomic E-state index is 0.263. The van der Waals surface area contributed by atoms with E-state index in [9.17, 15) is 10.2 Å². The summed E-state index contributed by atoms with van der Waals surface area (Å²) in [6.07, 6.45) is 4.31. The minimum Gasteiger partial charge on any atom is -0.508 e. The summed E-state index contributed by atoms with van der Waals surface area (Å²) in [4.78, 5) is 6.21. The van der Waals surface area contributed by atoms with E-state index in [1.165, 1.54) is 16.8 Å². The zero-order valence-corrected chi connectivity index (χ0v) is 13.3. The lowest BCUT2D eigenvalue weighted by atomic mass is 9.64. The van der Waals surface area contributed by atoms with Crippen LogP contribution < -0.4 is 0 Å². The summed E-state index contributed by atoms with van der Waals surface area (Å²) in [6, 6.07) is 6.44. The second-order valence-electron chi connectivity index (χ2n) is 7.26. The van der Waals surface area contributed by atoms with Crippen LogP contribution in [-0.4, -0.2) is 39.3 Å². The second kappa shape index (κ2) is 4.62. The van der Waals surface area contributed by atoms with E-state index in [4.69, 9.17) is 0 Å². The molecular formula is C19H22N2O2. The van der Waals surface area contributed by atoms with Gasteiger partial charge in [0.25, 0.3) is 0 Å². The Balaban J connectivity index is 1.68. The Kier molecular flexibility index (Phi) is 2.74. The number of nitrogens with one attached hydrogen (secondary N) is 1. The van der Waals surface area contributed by atoms with E-state index in [-0.39, 0.29) is 6.61 Å². The zero-order valence-electron chi connectivity index (χ0n) is 13.3. The third-order valence-electron chi connectivity index (χ3n) is 6.41. The molecule has 1 aromatic heterocycles. The lowest BCUT2D eigenvalue weighted by Gasteiger charge is -2.58. The van der Waals surface area contributed by atoms with E-state index in [1.807, 2.05) is 12.1 Å². The van der Waals surface area contributed by atoms with E-state index in [1.54, 1.807) is 6.07 Å². The fourth-order valence-electron chi connectivity index (χ4n) is 5.35. The molecular weight excluding hydrogens is 288 g/mol. The second-order valence-corrected chi connectivity index (χ2v) is 7.26. The summed E-state index contributed by atoms with van der Waals surface area (Å²) in [7, 11) is 0. The maximum Gasteiger partial charge on any atom is 0.116 e. The number of phenols is 1. The monoisotopic (exact) mass is 310 g/mol. The van der Waals surface area contributed by atoms with Crippen molar-refractivity contribution < 1.29 is 10.2 Å². The Morgan fingerprint density at radius 2 is 2.26 bits per heavy atom. The highest BCUT2D eigenvalue weighted by Gasteiger charge is 2.52. The number of allylic oxidation sites excluding steroid dienone is 1. The molecule has 23 heavy (non-hydrogen) atoms. The van der Waals surface area contributed by atoms with Crippen LogP contribution >= 0.6 is 0 Å². The van der Waals surface area contributed by atoms with Crippen LogP contribution in [0.1, 0.15) is 30.6 Å². The highest BCUT2D eigenvalue weighted by Crippen LogP contribution is 2.54. The molecule has 3 saturated heterocycles. The molecule has 5 heterocycles. The molecule has 2 aromatic rings. The molecule has 0 aliphatic carbocycles. The SMILES string of the molecule is CC=C1CN2C3Cc4c([nH]c5ccc(O)cc45)[C@@H]2C[C@@H]1[C@H]3CO. The Morgan fingerprint density at radius 3 is 3.04 bits per heavy atom. The van der Waals surface area contributed by atoms with E-state index >= 15 is 0 Å². The highest BCUT2D eigenvalue weighted by molar-refractivity contribution is 5.86. The van der Waals surface area contributed by atoms with Crippen molar-refractivity contribution in [1.29, 1.82) is 0 Å². The van der Waals surface area contributed by atoms with Gasteiger partial charge in [-0.1, -0.05) is 11.6 Å². The summed E-state index contributed by atoms with van der Waals surface area (Å²) >= 11 is 0. The van der Waals surface area contributed by atoms with Gasteiger partial charge in [0.15, 0.2) is 0 Å². The number of aromatic nitrogens is 1. The largest absolute Gasteiger partial charge is 0.508 e. The van der Waals surface area contributed by atoms with Gasteiger partial charge < -0.3 is 15.2 Å². The number of rotatable bonds is 1. The van der Waals surface area contributed by atoms with Crippen LogP contribution in [0, 0.1) is 11.8 Å². The molecule has 3 fully saturated rings. The van der Waals surface area contributed by atoms with Gasteiger partial charge in [-0.3, -0.25) is 4.90 Å². The molecule has 0 radical (unpaired) electrons. The van der Waals surface area contributed by atoms with E-state index in [0.29, 0.717) is 29.7 Å². The van der Waals surface area contributed by atoms with Crippen LogP contribution in [0.15, 0.2) is 29.8 Å². The lowest BCUT2D eigenvalue weighted by Crippen LogP contribution is -2.60. The molecule has 3 N–H and O–H groups in total. The van der Waals surface area contributed by atoms with Crippen molar-refractivity contribution in [3.05, 3.63) is 41.1 Å². The third kappa shape index (κ3) is 1.68. The number of nitrogens with zero attached hydrogens (tertiary/aromatic N) is 1. The highest BCUT2D eigenvalue weighted by atomic mass is 16.3. The van der Waals surface area contributed by atoms with E-state index < -0.39 is 0 Å². The fraction of sp³-hybridized carbons (Fsp3) is 0.474. The molecule has 4 nitrogen and oxygen atoms in total. The van der Waals surface area contributed by atoms with Gasteiger partial charge in [-0.15, -0.1) is 0 Å².